The van der Waals surface area contributed by atoms with Crippen molar-refractivity contribution in [2.24, 2.45) is 7.05 Å². The number of anilines is 1. The van der Waals surface area contributed by atoms with E-state index in [0.29, 0.717) is 32.6 Å². The van der Waals surface area contributed by atoms with E-state index in [-0.39, 0.29) is 17.5 Å². The highest BCUT2D eigenvalue weighted by atomic mass is 16.5. The molecule has 7 heteroatoms. The fourth-order valence-corrected chi connectivity index (χ4v) is 4.66. The third kappa shape index (κ3) is 4.12. The first-order valence-electron chi connectivity index (χ1n) is 10.8. The first kappa shape index (κ1) is 20.6. The summed E-state index contributed by atoms with van der Waals surface area (Å²) in [6.45, 7) is 2.64. The monoisotopic (exact) mass is 410 g/mol. The molecule has 2 fully saturated rings. The molecule has 3 heterocycles. The number of aromatic nitrogens is 2. The number of carbonyl (C=O) groups is 1. The molecule has 4 rings (SSSR count). The summed E-state index contributed by atoms with van der Waals surface area (Å²) in [7, 11) is 1.67. The Balaban J connectivity index is 1.50. The van der Waals surface area contributed by atoms with Gasteiger partial charge in [0.05, 0.1) is 5.41 Å². The van der Waals surface area contributed by atoms with Crippen LogP contribution >= 0.6 is 0 Å². The topological polar surface area (TPSA) is 76.5 Å². The Morgan fingerprint density at radius 2 is 1.93 bits per heavy atom. The minimum atomic E-state index is -0.534. The molecule has 0 spiro atoms. The molecule has 0 bridgehead atoms. The van der Waals surface area contributed by atoms with Gasteiger partial charge in [0.15, 0.2) is 0 Å². The van der Waals surface area contributed by atoms with Gasteiger partial charge in [-0.05, 0) is 43.7 Å². The second-order valence-corrected chi connectivity index (χ2v) is 8.27. The van der Waals surface area contributed by atoms with Crippen LogP contribution in [-0.4, -0.2) is 48.0 Å². The SMILES string of the molecule is Cn1nc(N2CCCCC2CNC(=O)C2(c3ccccc3)CCOCC2)ccc1=O. The van der Waals surface area contributed by atoms with Gasteiger partial charge in [-0.2, -0.15) is 5.10 Å². The molecule has 1 N–H and O–H groups in total. The van der Waals surface area contributed by atoms with Crippen molar-refractivity contribution in [1.29, 1.82) is 0 Å². The standard InChI is InChI=1S/C23H30N4O3/c1-26-21(28)11-10-20(25-26)27-14-6-5-9-19(27)17-24-22(29)23(12-15-30-16-13-23)18-7-3-2-4-8-18/h2-4,7-8,10-11,19H,5-6,9,12-17H2,1H3,(H,24,29). The van der Waals surface area contributed by atoms with E-state index in [1.807, 2.05) is 30.3 Å². The lowest BCUT2D eigenvalue weighted by Gasteiger charge is -2.39. The minimum absolute atomic E-state index is 0.0796. The molecule has 7 nitrogen and oxygen atoms in total. The Morgan fingerprint density at radius 3 is 2.67 bits per heavy atom. The highest BCUT2D eigenvalue weighted by Gasteiger charge is 2.41. The molecule has 2 aliphatic rings. The van der Waals surface area contributed by atoms with E-state index in [4.69, 9.17) is 4.74 Å². The third-order valence-electron chi connectivity index (χ3n) is 6.47. The van der Waals surface area contributed by atoms with E-state index in [1.165, 1.54) is 4.68 Å². The molecule has 0 radical (unpaired) electrons. The first-order valence-corrected chi connectivity index (χ1v) is 10.8. The summed E-state index contributed by atoms with van der Waals surface area (Å²) < 4.78 is 6.93. The second-order valence-electron chi connectivity index (χ2n) is 8.27. The summed E-state index contributed by atoms with van der Waals surface area (Å²) in [5, 5.41) is 7.68. The van der Waals surface area contributed by atoms with Crippen molar-refractivity contribution in [3.63, 3.8) is 0 Å². The lowest BCUT2D eigenvalue weighted by molar-refractivity contribution is -0.130. The molecule has 2 saturated heterocycles. The molecular formula is C23H30N4O3. The number of nitrogens with zero attached hydrogens (tertiary/aromatic N) is 3. The Bertz CT molecular complexity index is 922. The molecule has 1 aromatic heterocycles. The largest absolute Gasteiger partial charge is 0.381 e. The van der Waals surface area contributed by atoms with Gasteiger partial charge >= 0.3 is 0 Å². The van der Waals surface area contributed by atoms with Crippen LogP contribution in [-0.2, 0) is 22.0 Å². The summed E-state index contributed by atoms with van der Waals surface area (Å²) in [5.74, 6) is 0.871. The van der Waals surface area contributed by atoms with Gasteiger partial charge in [-0.25, -0.2) is 4.68 Å². The van der Waals surface area contributed by atoms with Crippen LogP contribution in [0.4, 0.5) is 5.82 Å². The molecule has 2 aromatic rings. The van der Waals surface area contributed by atoms with Crippen LogP contribution in [0, 0.1) is 0 Å². The van der Waals surface area contributed by atoms with Crippen LogP contribution < -0.4 is 15.8 Å². The third-order valence-corrected chi connectivity index (χ3v) is 6.47. The van der Waals surface area contributed by atoms with E-state index in [0.717, 1.165) is 37.2 Å². The zero-order valence-corrected chi connectivity index (χ0v) is 17.5. The van der Waals surface area contributed by atoms with Gasteiger partial charge in [0.25, 0.3) is 5.56 Å². The van der Waals surface area contributed by atoms with Gasteiger partial charge in [0.1, 0.15) is 5.82 Å². The number of hydrogen-bond donors (Lipinski definition) is 1. The number of hydrogen-bond acceptors (Lipinski definition) is 5. The number of aryl methyl sites for hydroxylation is 1. The van der Waals surface area contributed by atoms with E-state index in [1.54, 1.807) is 19.2 Å². The lowest BCUT2D eigenvalue weighted by Crippen LogP contribution is -2.53. The van der Waals surface area contributed by atoms with E-state index in [2.05, 4.69) is 15.3 Å². The van der Waals surface area contributed by atoms with Crippen molar-refractivity contribution in [2.75, 3.05) is 31.2 Å². The predicted molar refractivity (Wildman–Crippen MR) is 116 cm³/mol. The van der Waals surface area contributed by atoms with Crippen molar-refractivity contribution in [3.8, 4) is 0 Å². The number of ether oxygens (including phenoxy) is 1. The highest BCUT2D eigenvalue weighted by molar-refractivity contribution is 5.88. The molecule has 30 heavy (non-hydrogen) atoms. The minimum Gasteiger partial charge on any atom is -0.381 e. The first-order chi connectivity index (χ1) is 14.6. The van der Waals surface area contributed by atoms with Crippen LogP contribution in [0.15, 0.2) is 47.3 Å². The maximum absolute atomic E-state index is 13.5. The number of amides is 1. The molecule has 1 amide bonds. The van der Waals surface area contributed by atoms with Crippen molar-refractivity contribution < 1.29 is 9.53 Å². The maximum atomic E-state index is 13.5. The van der Waals surface area contributed by atoms with E-state index < -0.39 is 5.41 Å². The van der Waals surface area contributed by atoms with Crippen LogP contribution in [0.3, 0.4) is 0 Å². The van der Waals surface area contributed by atoms with Crippen molar-refractivity contribution in [1.82, 2.24) is 15.1 Å². The molecule has 0 aliphatic carbocycles. The van der Waals surface area contributed by atoms with Crippen LogP contribution in [0.5, 0.6) is 0 Å². The Hall–Kier alpha value is -2.67. The quantitative estimate of drug-likeness (QED) is 0.816. The zero-order valence-electron chi connectivity index (χ0n) is 17.5. The predicted octanol–water partition coefficient (Wildman–Crippen LogP) is 2.00. The van der Waals surface area contributed by atoms with Gasteiger partial charge in [-0.3, -0.25) is 9.59 Å². The molecule has 0 saturated carbocycles. The normalized spacial score (nSPS) is 21.2. The fourth-order valence-electron chi connectivity index (χ4n) is 4.66. The number of nitrogens with one attached hydrogen (secondary N) is 1. The van der Waals surface area contributed by atoms with Gasteiger partial charge < -0.3 is 15.0 Å². The molecule has 1 atom stereocenters. The smallest absolute Gasteiger partial charge is 0.266 e. The van der Waals surface area contributed by atoms with Gasteiger partial charge in [-0.1, -0.05) is 30.3 Å². The Labute approximate surface area is 177 Å². The summed E-state index contributed by atoms with van der Waals surface area (Å²) in [6, 6.07) is 13.6. The van der Waals surface area contributed by atoms with Gasteiger partial charge in [0, 0.05) is 45.5 Å². The van der Waals surface area contributed by atoms with Crippen LogP contribution in [0.25, 0.3) is 0 Å². The van der Waals surface area contributed by atoms with Crippen molar-refractivity contribution in [2.45, 2.75) is 43.6 Å². The summed E-state index contributed by atoms with van der Waals surface area (Å²) in [4.78, 5) is 27.4. The fraction of sp³-hybridized carbons (Fsp3) is 0.522. The molecular weight excluding hydrogens is 380 g/mol. The van der Waals surface area contributed by atoms with E-state index in [9.17, 15) is 9.59 Å². The van der Waals surface area contributed by atoms with Crippen molar-refractivity contribution in [3.05, 3.63) is 58.4 Å². The lowest BCUT2D eigenvalue weighted by atomic mass is 9.73. The average molecular weight is 411 g/mol. The number of piperidine rings is 1. The Morgan fingerprint density at radius 1 is 1.17 bits per heavy atom. The maximum Gasteiger partial charge on any atom is 0.266 e. The number of carbonyl (C=O) groups excluding carboxylic acids is 1. The van der Waals surface area contributed by atoms with Gasteiger partial charge in [-0.15, -0.1) is 0 Å². The molecule has 2 aliphatic heterocycles. The second kappa shape index (κ2) is 9.00. The molecule has 1 unspecified atom stereocenters. The summed E-state index contributed by atoms with van der Waals surface area (Å²) in [6.07, 6.45) is 4.59. The van der Waals surface area contributed by atoms with Crippen molar-refractivity contribution >= 4 is 11.7 Å². The average Bonchev–Trinajstić information content (AvgIpc) is 2.80. The van der Waals surface area contributed by atoms with Crippen LogP contribution in [0.2, 0.25) is 0 Å². The van der Waals surface area contributed by atoms with E-state index >= 15 is 0 Å². The molecule has 160 valence electrons. The van der Waals surface area contributed by atoms with Crippen LogP contribution in [0.1, 0.15) is 37.7 Å². The highest BCUT2D eigenvalue weighted by Crippen LogP contribution is 2.35. The summed E-state index contributed by atoms with van der Waals surface area (Å²) in [5.41, 5.74) is 0.407. The number of rotatable bonds is 5. The van der Waals surface area contributed by atoms with Gasteiger partial charge in [0.2, 0.25) is 5.91 Å². The summed E-state index contributed by atoms with van der Waals surface area (Å²) >= 11 is 0. The number of benzene rings is 1. The zero-order chi connectivity index (χ0) is 21.0. The molecule has 1 aromatic carbocycles. The Kier molecular flexibility index (Phi) is 6.18.